The summed E-state index contributed by atoms with van der Waals surface area (Å²) in [5, 5.41) is 0. The zero-order valence-electron chi connectivity index (χ0n) is 12.2. The standard InChI is InChI=1S/C17H21NO2.ClH/c1-14(18)15-8-10-17(11-9-15)20-13-5-12-19-16-6-3-2-4-7-16;/h2-4,6-11,14H,5,12-13,18H2,1H3;1H. The maximum absolute atomic E-state index is 5.80. The maximum atomic E-state index is 5.80. The zero-order valence-corrected chi connectivity index (χ0v) is 13.0. The van der Waals surface area contributed by atoms with E-state index in [0.29, 0.717) is 13.2 Å². The number of nitrogens with two attached hydrogens (primary N) is 1. The first kappa shape index (κ1) is 17.3. The molecule has 3 nitrogen and oxygen atoms in total. The van der Waals surface area contributed by atoms with E-state index < -0.39 is 0 Å². The summed E-state index contributed by atoms with van der Waals surface area (Å²) in [5.41, 5.74) is 6.92. The molecular formula is C17H22ClNO2. The van der Waals surface area contributed by atoms with E-state index in [0.717, 1.165) is 23.5 Å². The number of hydrogen-bond donors (Lipinski definition) is 1. The Bertz CT molecular complexity index is 500. The molecule has 2 aromatic carbocycles. The van der Waals surface area contributed by atoms with Gasteiger partial charge in [-0.15, -0.1) is 12.4 Å². The molecule has 0 heterocycles. The van der Waals surface area contributed by atoms with Gasteiger partial charge < -0.3 is 15.2 Å². The van der Waals surface area contributed by atoms with E-state index in [-0.39, 0.29) is 18.4 Å². The van der Waals surface area contributed by atoms with E-state index in [9.17, 15) is 0 Å². The molecule has 2 N–H and O–H groups in total. The Balaban J connectivity index is 0.00000220. The second-order valence-electron chi connectivity index (χ2n) is 4.72. The van der Waals surface area contributed by atoms with E-state index in [4.69, 9.17) is 15.2 Å². The molecule has 0 spiro atoms. The van der Waals surface area contributed by atoms with Crippen LogP contribution in [0.4, 0.5) is 0 Å². The lowest BCUT2D eigenvalue weighted by molar-refractivity contribution is 0.247. The minimum absolute atomic E-state index is 0. The van der Waals surface area contributed by atoms with Crippen molar-refractivity contribution in [2.45, 2.75) is 19.4 Å². The van der Waals surface area contributed by atoms with Gasteiger partial charge in [0, 0.05) is 12.5 Å². The fraction of sp³-hybridized carbons (Fsp3) is 0.294. The van der Waals surface area contributed by atoms with Gasteiger partial charge >= 0.3 is 0 Å². The summed E-state index contributed by atoms with van der Waals surface area (Å²) in [5.74, 6) is 1.77. The molecule has 0 aliphatic carbocycles. The number of rotatable bonds is 7. The largest absolute Gasteiger partial charge is 0.493 e. The van der Waals surface area contributed by atoms with Gasteiger partial charge in [0.2, 0.25) is 0 Å². The molecule has 0 saturated carbocycles. The summed E-state index contributed by atoms with van der Waals surface area (Å²) >= 11 is 0. The molecule has 0 amide bonds. The van der Waals surface area contributed by atoms with Crippen LogP contribution in [-0.4, -0.2) is 13.2 Å². The summed E-state index contributed by atoms with van der Waals surface area (Å²) in [6.45, 7) is 3.27. The Labute approximate surface area is 132 Å². The van der Waals surface area contributed by atoms with Crippen molar-refractivity contribution in [1.82, 2.24) is 0 Å². The first-order chi connectivity index (χ1) is 9.75. The number of ether oxygens (including phenoxy) is 2. The highest BCUT2D eigenvalue weighted by Crippen LogP contribution is 2.16. The summed E-state index contributed by atoms with van der Waals surface area (Å²) in [4.78, 5) is 0. The topological polar surface area (TPSA) is 44.5 Å². The first-order valence-corrected chi connectivity index (χ1v) is 6.92. The van der Waals surface area contributed by atoms with Crippen LogP contribution < -0.4 is 15.2 Å². The van der Waals surface area contributed by atoms with Crippen LogP contribution in [0.15, 0.2) is 54.6 Å². The number of hydrogen-bond acceptors (Lipinski definition) is 3. The second kappa shape index (κ2) is 9.27. The molecule has 114 valence electrons. The van der Waals surface area contributed by atoms with Gasteiger partial charge in [0.05, 0.1) is 13.2 Å². The van der Waals surface area contributed by atoms with E-state index >= 15 is 0 Å². The average molecular weight is 308 g/mol. The van der Waals surface area contributed by atoms with Gasteiger partial charge in [-0.2, -0.15) is 0 Å². The van der Waals surface area contributed by atoms with E-state index in [2.05, 4.69) is 0 Å². The Morgan fingerprint density at radius 1 is 0.857 bits per heavy atom. The smallest absolute Gasteiger partial charge is 0.119 e. The van der Waals surface area contributed by atoms with Crippen LogP contribution >= 0.6 is 12.4 Å². The van der Waals surface area contributed by atoms with Gasteiger partial charge in [0.25, 0.3) is 0 Å². The Morgan fingerprint density at radius 2 is 1.38 bits per heavy atom. The van der Waals surface area contributed by atoms with Crippen molar-refractivity contribution in [1.29, 1.82) is 0 Å². The summed E-state index contributed by atoms with van der Waals surface area (Å²) in [7, 11) is 0. The highest BCUT2D eigenvalue weighted by molar-refractivity contribution is 5.85. The average Bonchev–Trinajstić information content (AvgIpc) is 2.48. The fourth-order valence-electron chi connectivity index (χ4n) is 1.82. The molecule has 0 radical (unpaired) electrons. The lowest BCUT2D eigenvalue weighted by atomic mass is 10.1. The molecule has 4 heteroatoms. The van der Waals surface area contributed by atoms with Crippen LogP contribution in [0.3, 0.4) is 0 Å². The SMILES string of the molecule is CC(N)c1ccc(OCCCOc2ccccc2)cc1.Cl. The second-order valence-corrected chi connectivity index (χ2v) is 4.72. The third-order valence-corrected chi connectivity index (χ3v) is 2.98. The van der Waals surface area contributed by atoms with Gasteiger partial charge in [-0.25, -0.2) is 0 Å². The molecule has 2 aromatic rings. The maximum Gasteiger partial charge on any atom is 0.119 e. The molecule has 0 fully saturated rings. The van der Waals surface area contributed by atoms with Crippen LogP contribution in [0.25, 0.3) is 0 Å². The lowest BCUT2D eigenvalue weighted by Crippen LogP contribution is -2.06. The quantitative estimate of drug-likeness (QED) is 0.787. The van der Waals surface area contributed by atoms with Gasteiger partial charge in [-0.1, -0.05) is 30.3 Å². The molecule has 0 aromatic heterocycles. The van der Waals surface area contributed by atoms with E-state index in [1.54, 1.807) is 0 Å². The van der Waals surface area contributed by atoms with Crippen molar-refractivity contribution >= 4 is 12.4 Å². The molecule has 0 aliphatic rings. The van der Waals surface area contributed by atoms with Crippen LogP contribution in [-0.2, 0) is 0 Å². The minimum Gasteiger partial charge on any atom is -0.493 e. The van der Waals surface area contributed by atoms with Crippen LogP contribution in [0.1, 0.15) is 24.9 Å². The molecule has 0 aliphatic heterocycles. The third kappa shape index (κ3) is 6.06. The summed E-state index contributed by atoms with van der Waals surface area (Å²) in [6, 6.07) is 17.8. The van der Waals surface area contributed by atoms with Crippen LogP contribution in [0, 0.1) is 0 Å². The Kier molecular flexibility index (Phi) is 7.65. The molecule has 1 atom stereocenters. The first-order valence-electron chi connectivity index (χ1n) is 6.92. The van der Waals surface area contributed by atoms with Crippen molar-refractivity contribution in [2.75, 3.05) is 13.2 Å². The van der Waals surface area contributed by atoms with Crippen molar-refractivity contribution < 1.29 is 9.47 Å². The van der Waals surface area contributed by atoms with Gasteiger partial charge in [0.1, 0.15) is 11.5 Å². The van der Waals surface area contributed by atoms with Gasteiger partial charge in [-0.05, 0) is 36.8 Å². The molecule has 0 bridgehead atoms. The van der Waals surface area contributed by atoms with Crippen LogP contribution in [0.5, 0.6) is 11.5 Å². The Hall–Kier alpha value is -1.71. The van der Waals surface area contributed by atoms with Gasteiger partial charge in [0.15, 0.2) is 0 Å². The van der Waals surface area contributed by atoms with Crippen LogP contribution in [0.2, 0.25) is 0 Å². The van der Waals surface area contributed by atoms with Crippen molar-refractivity contribution in [3.05, 3.63) is 60.2 Å². The highest BCUT2D eigenvalue weighted by atomic mass is 35.5. The summed E-state index contributed by atoms with van der Waals surface area (Å²) in [6.07, 6.45) is 0.851. The third-order valence-electron chi connectivity index (χ3n) is 2.98. The minimum atomic E-state index is 0. The van der Waals surface area contributed by atoms with E-state index in [1.807, 2.05) is 61.5 Å². The molecule has 0 saturated heterocycles. The van der Waals surface area contributed by atoms with Crippen molar-refractivity contribution in [3.8, 4) is 11.5 Å². The van der Waals surface area contributed by atoms with E-state index in [1.165, 1.54) is 0 Å². The number of halogens is 1. The van der Waals surface area contributed by atoms with Crippen molar-refractivity contribution in [3.63, 3.8) is 0 Å². The normalized spacial score (nSPS) is 11.3. The Morgan fingerprint density at radius 3 is 1.90 bits per heavy atom. The molecule has 2 rings (SSSR count). The monoisotopic (exact) mass is 307 g/mol. The molecule has 1 unspecified atom stereocenters. The van der Waals surface area contributed by atoms with Crippen molar-refractivity contribution in [2.24, 2.45) is 5.73 Å². The number of benzene rings is 2. The fourth-order valence-corrected chi connectivity index (χ4v) is 1.82. The number of para-hydroxylation sites is 1. The predicted octanol–water partition coefficient (Wildman–Crippen LogP) is 3.98. The molecular weight excluding hydrogens is 286 g/mol. The molecule has 21 heavy (non-hydrogen) atoms. The zero-order chi connectivity index (χ0) is 14.2. The lowest BCUT2D eigenvalue weighted by Gasteiger charge is -2.09. The van der Waals surface area contributed by atoms with Gasteiger partial charge in [-0.3, -0.25) is 0 Å². The summed E-state index contributed by atoms with van der Waals surface area (Å²) < 4.78 is 11.3. The highest BCUT2D eigenvalue weighted by Gasteiger charge is 1.99. The predicted molar refractivity (Wildman–Crippen MR) is 88.3 cm³/mol.